The molecule has 4 aromatic rings. The van der Waals surface area contributed by atoms with Gasteiger partial charge in [0.25, 0.3) is 5.91 Å². The van der Waals surface area contributed by atoms with Gasteiger partial charge >= 0.3 is 0 Å². The maximum Gasteiger partial charge on any atom is 0.253 e. The first-order valence-corrected chi connectivity index (χ1v) is 11.3. The molecule has 0 atom stereocenters. The van der Waals surface area contributed by atoms with Crippen molar-refractivity contribution in [1.29, 1.82) is 0 Å². The number of piperazine rings is 1. The second-order valence-electron chi connectivity index (χ2n) is 7.67. The van der Waals surface area contributed by atoms with E-state index in [2.05, 4.69) is 25.0 Å². The van der Waals surface area contributed by atoms with E-state index in [4.69, 9.17) is 4.74 Å². The van der Waals surface area contributed by atoms with E-state index < -0.39 is 0 Å². The van der Waals surface area contributed by atoms with Crippen LogP contribution in [0.15, 0.2) is 41.4 Å². The maximum atomic E-state index is 13.0. The lowest BCUT2D eigenvalue weighted by molar-refractivity contribution is 0.0746. The van der Waals surface area contributed by atoms with Crippen molar-refractivity contribution in [1.82, 2.24) is 29.6 Å². The zero-order valence-corrected chi connectivity index (χ0v) is 18.7. The highest BCUT2D eigenvalue weighted by molar-refractivity contribution is 7.07. The lowest BCUT2D eigenvalue weighted by Gasteiger charge is -2.35. The number of nitrogens with zero attached hydrogens (tertiary/aromatic N) is 7. The molecule has 1 aromatic carbocycles. The first kappa shape index (κ1) is 20.4. The lowest BCUT2D eigenvalue weighted by Crippen LogP contribution is -2.49. The molecule has 1 amide bonds. The molecule has 1 aliphatic rings. The zero-order chi connectivity index (χ0) is 22.1. The average molecular weight is 450 g/mol. The summed E-state index contributed by atoms with van der Waals surface area (Å²) in [6.45, 7) is 4.99. The van der Waals surface area contributed by atoms with Crippen molar-refractivity contribution in [2.75, 3.05) is 31.1 Å². The number of hydrogen-bond acceptors (Lipinski definition) is 8. The second kappa shape index (κ2) is 8.54. The third-order valence-corrected chi connectivity index (χ3v) is 6.16. The number of thiazole rings is 1. The van der Waals surface area contributed by atoms with Crippen molar-refractivity contribution in [3.05, 3.63) is 58.4 Å². The summed E-state index contributed by atoms with van der Waals surface area (Å²) < 4.78 is 7.50. The van der Waals surface area contributed by atoms with Crippen LogP contribution in [0, 0.1) is 6.92 Å². The lowest BCUT2D eigenvalue weighted by atomic mass is 10.1. The minimum Gasteiger partial charge on any atom is -0.487 e. The summed E-state index contributed by atoms with van der Waals surface area (Å²) in [6, 6.07) is 7.30. The Hall–Kier alpha value is -3.53. The Morgan fingerprint density at radius 3 is 2.62 bits per heavy atom. The molecule has 0 bridgehead atoms. The normalized spacial score (nSPS) is 14.2. The molecule has 0 radical (unpaired) electrons. The minimum atomic E-state index is 0.0288. The fraction of sp³-hybridized carbons (Fsp3) is 0.318. The minimum absolute atomic E-state index is 0.0288. The smallest absolute Gasteiger partial charge is 0.253 e. The fourth-order valence-electron chi connectivity index (χ4n) is 3.82. The van der Waals surface area contributed by atoms with E-state index in [0.29, 0.717) is 44.2 Å². The summed E-state index contributed by atoms with van der Waals surface area (Å²) in [5.41, 5.74) is 4.16. The highest BCUT2D eigenvalue weighted by Gasteiger charge is 2.25. The van der Waals surface area contributed by atoms with Gasteiger partial charge in [-0.2, -0.15) is 5.10 Å². The number of ether oxygens (including phenoxy) is 1. The Bertz CT molecular complexity index is 1230. The molecule has 1 aliphatic heterocycles. The van der Waals surface area contributed by atoms with Gasteiger partial charge in [0, 0.05) is 44.2 Å². The number of rotatable bonds is 5. The van der Waals surface area contributed by atoms with Crippen molar-refractivity contribution < 1.29 is 9.53 Å². The number of carbonyl (C=O) groups is 1. The first-order chi connectivity index (χ1) is 15.6. The Kier molecular flexibility index (Phi) is 5.44. The van der Waals surface area contributed by atoms with E-state index in [1.54, 1.807) is 27.7 Å². The van der Waals surface area contributed by atoms with Gasteiger partial charge < -0.3 is 14.5 Å². The Labute approximate surface area is 189 Å². The van der Waals surface area contributed by atoms with E-state index in [0.717, 1.165) is 28.3 Å². The molecule has 164 valence electrons. The molecule has 0 unspecified atom stereocenters. The summed E-state index contributed by atoms with van der Waals surface area (Å²) in [4.78, 5) is 30.4. The van der Waals surface area contributed by atoms with Crippen LogP contribution in [0.3, 0.4) is 0 Å². The molecule has 0 N–H and O–H groups in total. The van der Waals surface area contributed by atoms with Gasteiger partial charge in [-0.05, 0) is 31.2 Å². The molecule has 3 aromatic heterocycles. The number of hydrogen-bond donors (Lipinski definition) is 0. The molecule has 0 spiro atoms. The molecule has 32 heavy (non-hydrogen) atoms. The van der Waals surface area contributed by atoms with Gasteiger partial charge in [-0.1, -0.05) is 0 Å². The molecule has 1 fully saturated rings. The summed E-state index contributed by atoms with van der Waals surface area (Å²) >= 11 is 1.54. The number of amides is 1. The Morgan fingerprint density at radius 2 is 1.91 bits per heavy atom. The fourth-order valence-corrected chi connectivity index (χ4v) is 4.36. The van der Waals surface area contributed by atoms with E-state index in [-0.39, 0.29) is 5.91 Å². The van der Waals surface area contributed by atoms with Crippen LogP contribution < -0.4 is 9.64 Å². The van der Waals surface area contributed by atoms with Crippen LogP contribution in [0.5, 0.6) is 5.75 Å². The van der Waals surface area contributed by atoms with Crippen molar-refractivity contribution in [3.63, 3.8) is 0 Å². The number of carbonyl (C=O) groups excluding carboxylic acids is 1. The van der Waals surface area contributed by atoms with Gasteiger partial charge in [-0.15, -0.1) is 11.3 Å². The molecule has 10 heteroatoms. The summed E-state index contributed by atoms with van der Waals surface area (Å²) in [7, 11) is 1.88. The largest absolute Gasteiger partial charge is 0.487 e. The molecule has 0 saturated carbocycles. The highest BCUT2D eigenvalue weighted by Crippen LogP contribution is 2.25. The quantitative estimate of drug-likeness (QED) is 0.463. The van der Waals surface area contributed by atoms with Crippen LogP contribution in [-0.2, 0) is 13.7 Å². The van der Waals surface area contributed by atoms with Gasteiger partial charge in [-0.3, -0.25) is 9.48 Å². The summed E-state index contributed by atoms with van der Waals surface area (Å²) in [5.74, 6) is 2.35. The Morgan fingerprint density at radius 1 is 1.12 bits per heavy atom. The van der Waals surface area contributed by atoms with Crippen molar-refractivity contribution in [2.24, 2.45) is 7.05 Å². The highest BCUT2D eigenvalue weighted by atomic mass is 32.1. The number of fused-ring (bicyclic) bond motifs is 1. The van der Waals surface area contributed by atoms with E-state index in [1.807, 2.05) is 48.5 Å². The van der Waals surface area contributed by atoms with Gasteiger partial charge in [0.05, 0.1) is 22.8 Å². The second-order valence-corrected chi connectivity index (χ2v) is 8.39. The van der Waals surface area contributed by atoms with Crippen LogP contribution in [0.1, 0.15) is 21.9 Å². The predicted molar refractivity (Wildman–Crippen MR) is 122 cm³/mol. The summed E-state index contributed by atoms with van der Waals surface area (Å²) in [6.07, 6.45) is 1.81. The van der Waals surface area contributed by atoms with Gasteiger partial charge in [0.2, 0.25) is 0 Å². The monoisotopic (exact) mass is 449 g/mol. The van der Waals surface area contributed by atoms with Crippen molar-refractivity contribution >= 4 is 34.1 Å². The number of benzene rings is 1. The third kappa shape index (κ3) is 4.01. The molecular formula is C22H23N7O2S. The standard InChI is InChI=1S/C22H23N7O2S/c1-15-25-20-19(11-24-27(20)2)21(26-15)28-7-9-29(10-8-28)22(30)16-3-5-18(6-4-16)31-12-17-13-32-14-23-17/h3-6,11,13-14H,7-10,12H2,1-2H3. The van der Waals surface area contributed by atoms with Crippen molar-refractivity contribution in [2.45, 2.75) is 13.5 Å². The topological polar surface area (TPSA) is 89.3 Å². The number of aromatic nitrogens is 5. The molecular weight excluding hydrogens is 426 g/mol. The molecule has 1 saturated heterocycles. The number of aryl methyl sites for hydroxylation is 2. The van der Waals surface area contributed by atoms with Crippen LogP contribution in [0.25, 0.3) is 11.0 Å². The molecule has 4 heterocycles. The predicted octanol–water partition coefficient (Wildman–Crippen LogP) is 2.67. The summed E-state index contributed by atoms with van der Waals surface area (Å²) in [5, 5.41) is 7.21. The molecule has 0 aliphatic carbocycles. The third-order valence-electron chi connectivity index (χ3n) is 5.52. The van der Waals surface area contributed by atoms with Gasteiger partial charge in [-0.25, -0.2) is 15.0 Å². The maximum absolute atomic E-state index is 13.0. The van der Waals surface area contributed by atoms with E-state index in [9.17, 15) is 4.79 Å². The van der Waals surface area contributed by atoms with Gasteiger partial charge in [0.1, 0.15) is 24.0 Å². The molecule has 5 rings (SSSR count). The molecule has 9 nitrogen and oxygen atoms in total. The van der Waals surface area contributed by atoms with Crippen LogP contribution in [0.4, 0.5) is 5.82 Å². The van der Waals surface area contributed by atoms with Gasteiger partial charge in [0.15, 0.2) is 5.65 Å². The average Bonchev–Trinajstić information content (AvgIpc) is 3.47. The van der Waals surface area contributed by atoms with E-state index in [1.165, 1.54) is 0 Å². The van der Waals surface area contributed by atoms with Crippen molar-refractivity contribution in [3.8, 4) is 5.75 Å². The van der Waals surface area contributed by atoms with Crippen LogP contribution in [-0.4, -0.2) is 61.7 Å². The van der Waals surface area contributed by atoms with Crippen LogP contribution in [0.2, 0.25) is 0 Å². The number of anilines is 1. The van der Waals surface area contributed by atoms with E-state index >= 15 is 0 Å². The van der Waals surface area contributed by atoms with Crippen LogP contribution >= 0.6 is 11.3 Å². The Balaban J connectivity index is 1.22. The zero-order valence-electron chi connectivity index (χ0n) is 17.9. The first-order valence-electron chi connectivity index (χ1n) is 10.4. The SMILES string of the molecule is Cc1nc(N2CCN(C(=O)c3ccc(OCc4cscn4)cc3)CC2)c2cnn(C)c2n1.